The molecule has 11 heteroatoms. The molecule has 0 bridgehead atoms. The molecule has 180 valence electrons. The smallest absolute Gasteiger partial charge is 0.416 e. The van der Waals surface area contributed by atoms with Gasteiger partial charge in [0.2, 0.25) is 5.91 Å². The Hall–Kier alpha value is -2.98. The van der Waals surface area contributed by atoms with Crippen LogP contribution in [0.2, 0.25) is 5.02 Å². The van der Waals surface area contributed by atoms with Crippen LogP contribution in [0.1, 0.15) is 31.3 Å². The zero-order valence-corrected chi connectivity index (χ0v) is 19.9. The summed E-state index contributed by atoms with van der Waals surface area (Å²) in [6.45, 7) is 7.62. The lowest BCUT2D eigenvalue weighted by Gasteiger charge is -2.17. The molecule has 1 N–H and O–H groups in total. The van der Waals surface area contributed by atoms with Crippen LogP contribution in [0.15, 0.2) is 66.3 Å². The van der Waals surface area contributed by atoms with Crippen LogP contribution in [0.25, 0.3) is 0 Å². The molecule has 0 aliphatic carbocycles. The van der Waals surface area contributed by atoms with E-state index in [0.717, 1.165) is 23.9 Å². The van der Waals surface area contributed by atoms with Crippen LogP contribution in [0.5, 0.6) is 5.75 Å². The molecule has 0 aliphatic heterocycles. The van der Waals surface area contributed by atoms with Crippen LogP contribution in [-0.4, -0.2) is 25.9 Å². The molecule has 2 atom stereocenters. The van der Waals surface area contributed by atoms with Crippen LogP contribution < -0.4 is 10.1 Å². The second-order valence-corrected chi connectivity index (χ2v) is 8.97. The SMILES string of the molecule is C=CCn1c(SC(C)C(=O)Nc2ccc(C(F)(F)F)cc2)nnc1C(C)Oc1ccccc1Cl. The Morgan fingerprint density at radius 1 is 1.21 bits per heavy atom. The van der Waals surface area contributed by atoms with Gasteiger partial charge in [-0.3, -0.25) is 9.36 Å². The van der Waals surface area contributed by atoms with Crippen molar-refractivity contribution in [3.05, 3.63) is 77.6 Å². The Labute approximate surface area is 204 Å². The minimum atomic E-state index is -4.44. The predicted molar refractivity (Wildman–Crippen MR) is 126 cm³/mol. The predicted octanol–water partition coefficient (Wildman–Crippen LogP) is 6.40. The Kier molecular flexibility index (Phi) is 8.27. The number of para-hydroxylation sites is 1. The number of anilines is 1. The lowest BCUT2D eigenvalue weighted by Crippen LogP contribution is -2.23. The zero-order valence-electron chi connectivity index (χ0n) is 18.3. The fraction of sp³-hybridized carbons (Fsp3) is 0.261. The number of benzene rings is 2. The van der Waals surface area contributed by atoms with Crippen molar-refractivity contribution in [2.75, 3.05) is 5.32 Å². The third-order valence-electron chi connectivity index (χ3n) is 4.69. The fourth-order valence-corrected chi connectivity index (χ4v) is 4.02. The van der Waals surface area contributed by atoms with Crippen LogP contribution in [0.3, 0.4) is 0 Å². The number of rotatable bonds is 9. The van der Waals surface area contributed by atoms with E-state index in [4.69, 9.17) is 16.3 Å². The Bertz CT molecular complexity index is 1150. The number of aromatic nitrogens is 3. The Balaban J connectivity index is 1.70. The van der Waals surface area contributed by atoms with Gasteiger partial charge in [-0.15, -0.1) is 16.8 Å². The van der Waals surface area contributed by atoms with Gasteiger partial charge < -0.3 is 10.1 Å². The highest BCUT2D eigenvalue weighted by atomic mass is 35.5. The normalized spacial score (nSPS) is 13.2. The fourth-order valence-electron chi connectivity index (χ4n) is 2.97. The summed E-state index contributed by atoms with van der Waals surface area (Å²) in [6, 6.07) is 11.3. The van der Waals surface area contributed by atoms with Crippen LogP contribution in [0, 0.1) is 0 Å². The Morgan fingerprint density at radius 3 is 2.50 bits per heavy atom. The molecule has 0 radical (unpaired) electrons. The van der Waals surface area contributed by atoms with Gasteiger partial charge in [-0.25, -0.2) is 0 Å². The topological polar surface area (TPSA) is 69.0 Å². The van der Waals surface area contributed by atoms with E-state index in [1.54, 1.807) is 41.8 Å². The summed E-state index contributed by atoms with van der Waals surface area (Å²) in [7, 11) is 0. The summed E-state index contributed by atoms with van der Waals surface area (Å²) in [6.07, 6.45) is -3.25. The van der Waals surface area contributed by atoms with Crippen LogP contribution >= 0.6 is 23.4 Å². The van der Waals surface area contributed by atoms with E-state index < -0.39 is 23.1 Å². The first-order valence-electron chi connectivity index (χ1n) is 10.2. The largest absolute Gasteiger partial charge is 0.481 e. The van der Waals surface area contributed by atoms with Crippen molar-refractivity contribution in [2.24, 2.45) is 0 Å². The average molecular weight is 511 g/mol. The first-order chi connectivity index (χ1) is 16.1. The lowest BCUT2D eigenvalue weighted by atomic mass is 10.2. The molecule has 34 heavy (non-hydrogen) atoms. The second-order valence-electron chi connectivity index (χ2n) is 7.25. The van der Waals surface area contributed by atoms with Crippen molar-refractivity contribution in [3.63, 3.8) is 0 Å². The lowest BCUT2D eigenvalue weighted by molar-refractivity contribution is -0.137. The van der Waals surface area contributed by atoms with Gasteiger partial charge in [0.15, 0.2) is 17.1 Å². The first-order valence-corrected chi connectivity index (χ1v) is 11.5. The van der Waals surface area contributed by atoms with E-state index in [-0.39, 0.29) is 11.6 Å². The highest BCUT2D eigenvalue weighted by Crippen LogP contribution is 2.32. The van der Waals surface area contributed by atoms with Crippen molar-refractivity contribution >= 4 is 35.0 Å². The molecule has 1 aromatic heterocycles. The van der Waals surface area contributed by atoms with E-state index in [1.165, 1.54) is 12.1 Å². The molecular formula is C23H22ClF3N4O2S. The van der Waals surface area contributed by atoms with Crippen molar-refractivity contribution in [1.82, 2.24) is 14.8 Å². The van der Waals surface area contributed by atoms with Crippen molar-refractivity contribution in [1.29, 1.82) is 0 Å². The van der Waals surface area contributed by atoms with E-state index in [9.17, 15) is 18.0 Å². The number of ether oxygens (including phenoxy) is 1. The zero-order chi connectivity index (χ0) is 24.9. The number of carbonyl (C=O) groups is 1. The molecule has 0 aliphatic rings. The third-order valence-corrected chi connectivity index (χ3v) is 6.09. The van der Waals surface area contributed by atoms with Gasteiger partial charge in [0.05, 0.1) is 15.8 Å². The highest BCUT2D eigenvalue weighted by Gasteiger charge is 2.30. The molecule has 0 saturated carbocycles. The molecular weight excluding hydrogens is 489 g/mol. The molecule has 6 nitrogen and oxygen atoms in total. The first kappa shape index (κ1) is 25.6. The Morgan fingerprint density at radius 2 is 1.88 bits per heavy atom. The quantitative estimate of drug-likeness (QED) is 0.266. The maximum absolute atomic E-state index is 12.7. The number of nitrogens with zero attached hydrogens (tertiary/aromatic N) is 3. The minimum Gasteiger partial charge on any atom is -0.481 e. The standard InChI is InChI=1S/C23H22ClF3N4O2S/c1-4-13-31-20(14(2)33-19-8-6-5-7-18(19)24)29-30-22(31)34-15(3)21(32)28-17-11-9-16(10-12-17)23(25,26)27/h4-12,14-15H,1,13H2,2-3H3,(H,28,32). The van der Waals surface area contributed by atoms with Crippen molar-refractivity contribution in [3.8, 4) is 5.75 Å². The number of thioether (sulfide) groups is 1. The van der Waals surface area contributed by atoms with E-state index in [1.807, 2.05) is 6.92 Å². The summed E-state index contributed by atoms with van der Waals surface area (Å²) in [5.74, 6) is 0.640. The van der Waals surface area contributed by atoms with E-state index in [2.05, 4.69) is 22.1 Å². The number of allylic oxidation sites excluding steroid dienone is 1. The molecule has 0 spiro atoms. The number of carbonyl (C=O) groups excluding carboxylic acids is 1. The summed E-state index contributed by atoms with van der Waals surface area (Å²) in [5, 5.41) is 11.4. The van der Waals surface area contributed by atoms with Gasteiger partial charge in [0, 0.05) is 12.2 Å². The monoisotopic (exact) mass is 510 g/mol. The number of alkyl halides is 3. The third kappa shape index (κ3) is 6.32. The summed E-state index contributed by atoms with van der Waals surface area (Å²) in [4.78, 5) is 12.6. The maximum atomic E-state index is 12.7. The van der Waals surface area contributed by atoms with E-state index >= 15 is 0 Å². The molecule has 1 heterocycles. The molecule has 0 saturated heterocycles. The van der Waals surface area contributed by atoms with Crippen LogP contribution in [0.4, 0.5) is 18.9 Å². The van der Waals surface area contributed by atoms with Crippen molar-refractivity contribution < 1.29 is 22.7 Å². The highest BCUT2D eigenvalue weighted by molar-refractivity contribution is 8.00. The number of hydrogen-bond acceptors (Lipinski definition) is 5. The van der Waals surface area contributed by atoms with Gasteiger partial charge in [-0.2, -0.15) is 13.2 Å². The van der Waals surface area contributed by atoms with E-state index in [0.29, 0.717) is 28.3 Å². The molecule has 0 fully saturated rings. The summed E-state index contributed by atoms with van der Waals surface area (Å²) < 4.78 is 45.9. The minimum absolute atomic E-state index is 0.264. The summed E-state index contributed by atoms with van der Waals surface area (Å²) in [5.41, 5.74) is -0.522. The van der Waals surface area contributed by atoms with Gasteiger partial charge in [-0.05, 0) is 50.2 Å². The van der Waals surface area contributed by atoms with Gasteiger partial charge in [0.1, 0.15) is 5.75 Å². The van der Waals surface area contributed by atoms with Gasteiger partial charge in [0.25, 0.3) is 0 Å². The molecule has 2 unspecified atom stereocenters. The number of hydrogen-bond donors (Lipinski definition) is 1. The van der Waals surface area contributed by atoms with Gasteiger partial charge in [-0.1, -0.05) is 41.6 Å². The number of halogens is 4. The summed E-state index contributed by atoms with van der Waals surface area (Å²) >= 11 is 7.34. The number of nitrogens with one attached hydrogen (secondary N) is 1. The molecule has 1 amide bonds. The molecule has 3 aromatic rings. The number of amides is 1. The van der Waals surface area contributed by atoms with Gasteiger partial charge >= 0.3 is 6.18 Å². The molecule has 2 aromatic carbocycles. The average Bonchev–Trinajstić information content (AvgIpc) is 3.17. The van der Waals surface area contributed by atoms with Crippen LogP contribution in [-0.2, 0) is 17.5 Å². The van der Waals surface area contributed by atoms with Crippen molar-refractivity contribution in [2.45, 2.75) is 43.1 Å². The maximum Gasteiger partial charge on any atom is 0.416 e. The molecule has 3 rings (SSSR count). The second kappa shape index (κ2) is 11.0.